The fraction of sp³-hybridized carbons (Fsp3) is 0.333. The summed E-state index contributed by atoms with van der Waals surface area (Å²) in [5.41, 5.74) is 2.19. The standard InChI is InChI=1S/C15H19NOS/c1-2-14(15-7-4-8-18-15)16-10-12-5-3-6-13(9-12)11-17/h3-9,14,16-17H,2,10-11H2,1H3. The van der Waals surface area contributed by atoms with E-state index in [1.807, 2.05) is 18.2 Å². The Bertz CT molecular complexity index is 467. The Morgan fingerprint density at radius 3 is 2.72 bits per heavy atom. The first kappa shape index (κ1) is 13.3. The molecule has 96 valence electrons. The number of rotatable bonds is 6. The third-order valence-electron chi connectivity index (χ3n) is 3.02. The van der Waals surface area contributed by atoms with E-state index >= 15 is 0 Å². The normalized spacial score (nSPS) is 12.6. The van der Waals surface area contributed by atoms with E-state index in [0.717, 1.165) is 18.5 Å². The summed E-state index contributed by atoms with van der Waals surface area (Å²) >= 11 is 1.80. The maximum absolute atomic E-state index is 9.12. The summed E-state index contributed by atoms with van der Waals surface area (Å²) in [5.74, 6) is 0. The number of hydrogen-bond acceptors (Lipinski definition) is 3. The molecule has 1 aromatic heterocycles. The summed E-state index contributed by atoms with van der Waals surface area (Å²) in [4.78, 5) is 1.39. The molecule has 0 radical (unpaired) electrons. The SMILES string of the molecule is CCC(NCc1cccc(CO)c1)c1cccs1. The van der Waals surface area contributed by atoms with Crippen LogP contribution in [0.5, 0.6) is 0 Å². The van der Waals surface area contributed by atoms with Crippen molar-refractivity contribution in [2.45, 2.75) is 32.5 Å². The molecule has 1 aromatic carbocycles. The monoisotopic (exact) mass is 261 g/mol. The van der Waals surface area contributed by atoms with Gasteiger partial charge in [-0.25, -0.2) is 0 Å². The molecule has 0 spiro atoms. The van der Waals surface area contributed by atoms with Crippen LogP contribution in [0, 0.1) is 0 Å². The van der Waals surface area contributed by atoms with E-state index in [1.165, 1.54) is 10.4 Å². The Morgan fingerprint density at radius 2 is 2.06 bits per heavy atom. The maximum Gasteiger partial charge on any atom is 0.0681 e. The molecule has 0 fully saturated rings. The molecule has 18 heavy (non-hydrogen) atoms. The van der Waals surface area contributed by atoms with E-state index in [4.69, 9.17) is 5.11 Å². The van der Waals surface area contributed by atoms with Crippen LogP contribution in [0.1, 0.15) is 35.4 Å². The molecule has 2 nitrogen and oxygen atoms in total. The second kappa shape index (κ2) is 6.69. The van der Waals surface area contributed by atoms with E-state index in [0.29, 0.717) is 6.04 Å². The minimum atomic E-state index is 0.107. The van der Waals surface area contributed by atoms with Crippen molar-refractivity contribution in [3.8, 4) is 0 Å². The van der Waals surface area contributed by atoms with E-state index in [2.05, 4.69) is 35.8 Å². The predicted molar refractivity (Wildman–Crippen MR) is 76.6 cm³/mol. The van der Waals surface area contributed by atoms with Gasteiger partial charge in [-0.1, -0.05) is 37.3 Å². The van der Waals surface area contributed by atoms with E-state index in [-0.39, 0.29) is 6.61 Å². The van der Waals surface area contributed by atoms with Gasteiger partial charge in [-0.05, 0) is 29.0 Å². The molecule has 1 unspecified atom stereocenters. The molecular weight excluding hydrogens is 242 g/mol. The molecule has 3 heteroatoms. The molecular formula is C15H19NOS. The number of benzene rings is 1. The second-order valence-corrected chi connectivity index (χ2v) is 5.31. The molecule has 1 heterocycles. The first-order valence-corrected chi connectivity index (χ1v) is 7.17. The Morgan fingerprint density at radius 1 is 1.22 bits per heavy atom. The molecule has 0 bridgehead atoms. The zero-order chi connectivity index (χ0) is 12.8. The van der Waals surface area contributed by atoms with Gasteiger partial charge in [0.05, 0.1) is 6.61 Å². The molecule has 2 aromatic rings. The lowest BCUT2D eigenvalue weighted by Gasteiger charge is -2.15. The first-order chi connectivity index (χ1) is 8.83. The fourth-order valence-corrected chi connectivity index (χ4v) is 2.90. The summed E-state index contributed by atoms with van der Waals surface area (Å²) in [6.07, 6.45) is 1.08. The van der Waals surface area contributed by atoms with E-state index < -0.39 is 0 Å². The Hall–Kier alpha value is -1.16. The van der Waals surface area contributed by atoms with Gasteiger partial charge in [-0.3, -0.25) is 0 Å². The van der Waals surface area contributed by atoms with Crippen LogP contribution in [0.3, 0.4) is 0 Å². The van der Waals surface area contributed by atoms with Crippen molar-refractivity contribution in [1.29, 1.82) is 0 Å². The van der Waals surface area contributed by atoms with Gasteiger partial charge in [-0.15, -0.1) is 11.3 Å². The molecule has 2 rings (SSSR count). The highest BCUT2D eigenvalue weighted by Gasteiger charge is 2.09. The van der Waals surface area contributed by atoms with Gasteiger partial charge in [0.25, 0.3) is 0 Å². The quantitative estimate of drug-likeness (QED) is 0.834. The third-order valence-corrected chi connectivity index (χ3v) is 4.01. The summed E-state index contributed by atoms with van der Waals surface area (Å²) in [6.45, 7) is 3.14. The van der Waals surface area contributed by atoms with Crippen molar-refractivity contribution in [2.24, 2.45) is 0 Å². The number of nitrogens with one attached hydrogen (secondary N) is 1. The van der Waals surface area contributed by atoms with Gasteiger partial charge < -0.3 is 10.4 Å². The Labute approximate surface area is 112 Å². The van der Waals surface area contributed by atoms with Crippen LogP contribution in [0.2, 0.25) is 0 Å². The van der Waals surface area contributed by atoms with Gasteiger partial charge in [0, 0.05) is 17.5 Å². The Kier molecular flexibility index (Phi) is 4.93. The molecule has 0 aliphatic heterocycles. The topological polar surface area (TPSA) is 32.3 Å². The van der Waals surface area contributed by atoms with Gasteiger partial charge in [0.15, 0.2) is 0 Å². The van der Waals surface area contributed by atoms with Crippen molar-refractivity contribution in [3.05, 3.63) is 57.8 Å². The van der Waals surface area contributed by atoms with Crippen molar-refractivity contribution in [2.75, 3.05) is 0 Å². The van der Waals surface area contributed by atoms with Crippen LogP contribution in [0.25, 0.3) is 0 Å². The minimum Gasteiger partial charge on any atom is -0.392 e. The highest BCUT2D eigenvalue weighted by atomic mass is 32.1. The van der Waals surface area contributed by atoms with Crippen molar-refractivity contribution in [3.63, 3.8) is 0 Å². The van der Waals surface area contributed by atoms with Gasteiger partial charge in [0.2, 0.25) is 0 Å². The van der Waals surface area contributed by atoms with Crippen LogP contribution in [-0.4, -0.2) is 5.11 Å². The molecule has 0 aliphatic carbocycles. The number of aliphatic hydroxyl groups is 1. The van der Waals surface area contributed by atoms with Crippen LogP contribution in [0.15, 0.2) is 41.8 Å². The highest BCUT2D eigenvalue weighted by Crippen LogP contribution is 2.22. The van der Waals surface area contributed by atoms with Gasteiger partial charge in [-0.2, -0.15) is 0 Å². The summed E-state index contributed by atoms with van der Waals surface area (Å²) in [7, 11) is 0. The molecule has 2 N–H and O–H groups in total. The highest BCUT2D eigenvalue weighted by molar-refractivity contribution is 7.10. The zero-order valence-corrected chi connectivity index (χ0v) is 11.4. The van der Waals surface area contributed by atoms with Crippen LogP contribution in [0.4, 0.5) is 0 Å². The second-order valence-electron chi connectivity index (χ2n) is 4.34. The van der Waals surface area contributed by atoms with Crippen molar-refractivity contribution in [1.82, 2.24) is 5.32 Å². The first-order valence-electron chi connectivity index (χ1n) is 6.29. The average Bonchev–Trinajstić information content (AvgIpc) is 2.94. The van der Waals surface area contributed by atoms with Gasteiger partial charge in [0.1, 0.15) is 0 Å². The smallest absolute Gasteiger partial charge is 0.0681 e. The average molecular weight is 261 g/mol. The lowest BCUT2D eigenvalue weighted by molar-refractivity contribution is 0.281. The molecule has 0 amide bonds. The summed E-state index contributed by atoms with van der Waals surface area (Å²) in [5, 5.41) is 14.8. The number of aliphatic hydroxyl groups excluding tert-OH is 1. The predicted octanol–water partition coefficient (Wildman–Crippen LogP) is 3.48. The van der Waals surface area contributed by atoms with Crippen molar-refractivity contribution >= 4 is 11.3 Å². The minimum absolute atomic E-state index is 0.107. The number of thiophene rings is 1. The summed E-state index contributed by atoms with van der Waals surface area (Å²) in [6, 6.07) is 12.8. The maximum atomic E-state index is 9.12. The molecule has 1 atom stereocenters. The van der Waals surface area contributed by atoms with Gasteiger partial charge >= 0.3 is 0 Å². The fourth-order valence-electron chi connectivity index (χ4n) is 2.01. The lowest BCUT2D eigenvalue weighted by atomic mass is 10.1. The summed E-state index contributed by atoms with van der Waals surface area (Å²) < 4.78 is 0. The molecule has 0 saturated carbocycles. The lowest BCUT2D eigenvalue weighted by Crippen LogP contribution is -2.19. The molecule has 0 aliphatic rings. The zero-order valence-electron chi connectivity index (χ0n) is 10.6. The van der Waals surface area contributed by atoms with E-state index in [1.54, 1.807) is 11.3 Å². The van der Waals surface area contributed by atoms with Crippen LogP contribution in [-0.2, 0) is 13.2 Å². The largest absolute Gasteiger partial charge is 0.392 e. The van der Waals surface area contributed by atoms with Crippen molar-refractivity contribution < 1.29 is 5.11 Å². The van der Waals surface area contributed by atoms with Crippen LogP contribution < -0.4 is 5.32 Å². The van der Waals surface area contributed by atoms with Crippen LogP contribution >= 0.6 is 11.3 Å². The molecule has 0 saturated heterocycles. The van der Waals surface area contributed by atoms with E-state index in [9.17, 15) is 0 Å². The number of hydrogen-bond donors (Lipinski definition) is 2. The third kappa shape index (κ3) is 3.42. The Balaban J connectivity index is 1.97.